The van der Waals surface area contributed by atoms with Gasteiger partial charge in [0.2, 0.25) is 0 Å². The maximum absolute atomic E-state index is 4.34. The highest BCUT2D eigenvalue weighted by Gasteiger charge is 2.19. The summed E-state index contributed by atoms with van der Waals surface area (Å²) in [5.74, 6) is 0.793. The standard InChI is InChI=1S/C22H31N5.HI/c1-18-9-6-8-14-27(18)17-20-11-4-3-10-19(20)15-25-22(23-2)26-16-21-12-5-7-13-24-21;/h3-5,7,10-13,18H,6,8-9,14-17H2,1-2H3,(H2,23,25,26);1H. The van der Waals surface area contributed by atoms with Crippen molar-refractivity contribution >= 4 is 29.9 Å². The van der Waals surface area contributed by atoms with Crippen LogP contribution in [0, 0.1) is 0 Å². The summed E-state index contributed by atoms with van der Waals surface area (Å²) in [5.41, 5.74) is 3.73. The molecule has 1 aliphatic heterocycles. The summed E-state index contributed by atoms with van der Waals surface area (Å²) < 4.78 is 0. The number of nitrogens with zero attached hydrogens (tertiary/aromatic N) is 3. The quantitative estimate of drug-likeness (QED) is 0.364. The van der Waals surface area contributed by atoms with Gasteiger partial charge < -0.3 is 10.6 Å². The number of halogens is 1. The maximum atomic E-state index is 4.34. The van der Waals surface area contributed by atoms with Crippen LogP contribution in [0.2, 0.25) is 0 Å². The molecule has 1 fully saturated rings. The third kappa shape index (κ3) is 6.74. The van der Waals surface area contributed by atoms with E-state index in [2.05, 4.69) is 56.7 Å². The molecule has 1 unspecified atom stereocenters. The average molecular weight is 493 g/mol. The summed E-state index contributed by atoms with van der Waals surface area (Å²) in [4.78, 5) is 11.3. The minimum Gasteiger partial charge on any atom is -0.352 e. The van der Waals surface area contributed by atoms with Crippen molar-refractivity contribution in [2.24, 2.45) is 4.99 Å². The molecule has 1 atom stereocenters. The molecule has 0 amide bonds. The lowest BCUT2D eigenvalue weighted by molar-refractivity contribution is 0.152. The zero-order valence-electron chi connectivity index (χ0n) is 16.9. The zero-order valence-corrected chi connectivity index (χ0v) is 19.2. The summed E-state index contributed by atoms with van der Waals surface area (Å²) in [6, 6.07) is 15.3. The Bertz CT molecular complexity index is 735. The van der Waals surface area contributed by atoms with E-state index in [4.69, 9.17) is 0 Å². The van der Waals surface area contributed by atoms with E-state index in [9.17, 15) is 0 Å². The number of aliphatic imine (C=N–C) groups is 1. The second-order valence-electron chi connectivity index (χ2n) is 7.18. The Morgan fingerprint density at radius 1 is 1.07 bits per heavy atom. The summed E-state index contributed by atoms with van der Waals surface area (Å²) >= 11 is 0. The van der Waals surface area contributed by atoms with Crippen LogP contribution in [-0.4, -0.2) is 35.5 Å². The lowest BCUT2D eigenvalue weighted by Crippen LogP contribution is -2.38. The van der Waals surface area contributed by atoms with Crippen molar-refractivity contribution in [3.63, 3.8) is 0 Å². The summed E-state index contributed by atoms with van der Waals surface area (Å²) in [6.45, 7) is 6.01. The van der Waals surface area contributed by atoms with Gasteiger partial charge in [-0.15, -0.1) is 24.0 Å². The lowest BCUT2D eigenvalue weighted by atomic mass is 10.0. The van der Waals surface area contributed by atoms with Crippen LogP contribution in [0.1, 0.15) is 43.0 Å². The molecule has 0 bridgehead atoms. The Balaban J connectivity index is 0.00000280. The van der Waals surface area contributed by atoms with E-state index < -0.39 is 0 Å². The molecule has 2 aromatic rings. The molecule has 1 aromatic heterocycles. The molecule has 152 valence electrons. The predicted octanol–water partition coefficient (Wildman–Crippen LogP) is 3.94. The van der Waals surface area contributed by atoms with Crippen LogP contribution in [0.4, 0.5) is 0 Å². The molecule has 1 saturated heterocycles. The van der Waals surface area contributed by atoms with Crippen LogP contribution in [0.25, 0.3) is 0 Å². The second-order valence-corrected chi connectivity index (χ2v) is 7.18. The molecule has 1 aliphatic rings. The molecule has 0 radical (unpaired) electrons. The van der Waals surface area contributed by atoms with Gasteiger partial charge in [0, 0.05) is 32.4 Å². The third-order valence-electron chi connectivity index (χ3n) is 5.27. The van der Waals surface area contributed by atoms with E-state index in [0.717, 1.165) is 24.7 Å². The van der Waals surface area contributed by atoms with Crippen molar-refractivity contribution in [3.8, 4) is 0 Å². The highest BCUT2D eigenvalue weighted by Crippen LogP contribution is 2.20. The molecule has 1 aromatic carbocycles. The van der Waals surface area contributed by atoms with Crippen LogP contribution >= 0.6 is 24.0 Å². The summed E-state index contributed by atoms with van der Waals surface area (Å²) in [7, 11) is 1.80. The molecule has 2 N–H and O–H groups in total. The van der Waals surface area contributed by atoms with E-state index in [1.807, 2.05) is 24.4 Å². The molecule has 5 nitrogen and oxygen atoms in total. The number of aromatic nitrogens is 1. The fourth-order valence-electron chi connectivity index (χ4n) is 3.57. The van der Waals surface area contributed by atoms with Crippen LogP contribution in [0.3, 0.4) is 0 Å². The Morgan fingerprint density at radius 2 is 1.82 bits per heavy atom. The minimum atomic E-state index is 0. The number of guanidine groups is 1. The Hall–Kier alpha value is -1.67. The van der Waals surface area contributed by atoms with Crippen molar-refractivity contribution in [2.75, 3.05) is 13.6 Å². The van der Waals surface area contributed by atoms with Crippen molar-refractivity contribution < 1.29 is 0 Å². The number of hydrogen-bond donors (Lipinski definition) is 2. The monoisotopic (exact) mass is 493 g/mol. The van der Waals surface area contributed by atoms with Gasteiger partial charge in [-0.2, -0.15) is 0 Å². The largest absolute Gasteiger partial charge is 0.352 e. The minimum absolute atomic E-state index is 0. The lowest BCUT2D eigenvalue weighted by Gasteiger charge is -2.33. The van der Waals surface area contributed by atoms with Crippen molar-refractivity contribution in [2.45, 2.75) is 51.9 Å². The van der Waals surface area contributed by atoms with Crippen LogP contribution in [-0.2, 0) is 19.6 Å². The SMILES string of the molecule is CN=C(NCc1ccccn1)NCc1ccccc1CN1CCCCC1C.I. The van der Waals surface area contributed by atoms with E-state index >= 15 is 0 Å². The highest BCUT2D eigenvalue weighted by molar-refractivity contribution is 14.0. The van der Waals surface area contributed by atoms with Gasteiger partial charge in [-0.3, -0.25) is 14.9 Å². The van der Waals surface area contributed by atoms with Crippen LogP contribution in [0.15, 0.2) is 53.7 Å². The first-order chi connectivity index (χ1) is 13.3. The van der Waals surface area contributed by atoms with E-state index in [1.54, 1.807) is 7.05 Å². The Labute approximate surface area is 186 Å². The number of benzene rings is 1. The predicted molar refractivity (Wildman–Crippen MR) is 127 cm³/mol. The van der Waals surface area contributed by atoms with Crippen LogP contribution < -0.4 is 10.6 Å². The van der Waals surface area contributed by atoms with Gasteiger partial charge in [0.05, 0.1) is 12.2 Å². The normalized spacial score (nSPS) is 17.6. The average Bonchev–Trinajstić information content (AvgIpc) is 2.71. The molecular formula is C22H32IN5. The molecule has 0 aliphatic carbocycles. The Kier molecular flexibility index (Phi) is 9.70. The number of hydrogen-bond acceptors (Lipinski definition) is 3. The number of pyridine rings is 1. The van der Waals surface area contributed by atoms with E-state index in [1.165, 1.54) is 36.9 Å². The smallest absolute Gasteiger partial charge is 0.191 e. The van der Waals surface area contributed by atoms with Crippen molar-refractivity contribution in [1.82, 2.24) is 20.5 Å². The number of rotatable bonds is 6. The molecule has 3 rings (SSSR count). The number of nitrogens with one attached hydrogen (secondary N) is 2. The first-order valence-corrected chi connectivity index (χ1v) is 9.91. The molecular weight excluding hydrogens is 461 g/mol. The molecule has 0 saturated carbocycles. The summed E-state index contributed by atoms with van der Waals surface area (Å²) in [6.07, 6.45) is 5.80. The van der Waals surface area contributed by atoms with Crippen molar-refractivity contribution in [3.05, 3.63) is 65.5 Å². The first kappa shape index (κ1) is 22.6. The number of likely N-dealkylation sites (tertiary alicyclic amines) is 1. The first-order valence-electron chi connectivity index (χ1n) is 9.91. The van der Waals surface area contributed by atoms with Gasteiger partial charge in [0.15, 0.2) is 5.96 Å². The van der Waals surface area contributed by atoms with Gasteiger partial charge in [0.1, 0.15) is 0 Å². The van der Waals surface area contributed by atoms with E-state index in [0.29, 0.717) is 12.6 Å². The fraction of sp³-hybridized carbons (Fsp3) is 0.455. The van der Waals surface area contributed by atoms with Gasteiger partial charge in [0.25, 0.3) is 0 Å². The highest BCUT2D eigenvalue weighted by atomic mass is 127. The van der Waals surface area contributed by atoms with Gasteiger partial charge in [-0.25, -0.2) is 0 Å². The number of piperidine rings is 1. The fourth-order valence-corrected chi connectivity index (χ4v) is 3.57. The molecule has 28 heavy (non-hydrogen) atoms. The van der Waals surface area contributed by atoms with Gasteiger partial charge in [-0.1, -0.05) is 36.8 Å². The zero-order chi connectivity index (χ0) is 18.9. The van der Waals surface area contributed by atoms with Gasteiger partial charge >= 0.3 is 0 Å². The van der Waals surface area contributed by atoms with Crippen molar-refractivity contribution in [1.29, 1.82) is 0 Å². The second kappa shape index (κ2) is 12.0. The Morgan fingerprint density at radius 3 is 2.54 bits per heavy atom. The third-order valence-corrected chi connectivity index (χ3v) is 5.27. The van der Waals surface area contributed by atoms with Gasteiger partial charge in [-0.05, 0) is 49.6 Å². The topological polar surface area (TPSA) is 52.6 Å². The summed E-state index contributed by atoms with van der Waals surface area (Å²) in [5, 5.41) is 6.77. The molecule has 6 heteroatoms. The molecule has 0 spiro atoms. The molecule has 2 heterocycles. The van der Waals surface area contributed by atoms with E-state index in [-0.39, 0.29) is 24.0 Å². The maximum Gasteiger partial charge on any atom is 0.191 e. The van der Waals surface area contributed by atoms with Crippen LogP contribution in [0.5, 0.6) is 0 Å².